The maximum atomic E-state index is 2.80. The van der Waals surface area contributed by atoms with Gasteiger partial charge >= 0.3 is 0 Å². The van der Waals surface area contributed by atoms with Gasteiger partial charge in [0.25, 0.3) is 0 Å². The van der Waals surface area contributed by atoms with Crippen LogP contribution in [0, 0.1) is 0 Å². The van der Waals surface area contributed by atoms with E-state index in [1.807, 2.05) is 0 Å². The van der Waals surface area contributed by atoms with E-state index in [1.54, 1.807) is 0 Å². The number of hydrogen-bond donors (Lipinski definition) is 0. The largest absolute Gasteiger partial charge is 0.322 e. The Morgan fingerprint density at radius 1 is 0.938 bits per heavy atom. The minimum absolute atomic E-state index is 0.585. The normalized spacial score (nSPS) is 16.3. The average molecular weight is 260 g/mol. The molecule has 1 unspecified atom stereocenters. The summed E-state index contributed by atoms with van der Waals surface area (Å²) < 4.78 is 3.39. The summed E-state index contributed by atoms with van der Waals surface area (Å²) in [6.07, 6.45) is 0. The van der Waals surface area contributed by atoms with E-state index in [-0.39, 0.29) is 0 Å². The van der Waals surface area contributed by atoms with Crippen LogP contribution in [0.5, 0.6) is 0 Å². The van der Waals surface area contributed by atoms with Gasteiger partial charge in [0.05, 0.1) is 0 Å². The third kappa shape index (κ3) is 3.44. The molecule has 0 aliphatic carbocycles. The predicted molar refractivity (Wildman–Crippen MR) is 82.5 cm³/mol. The summed E-state index contributed by atoms with van der Waals surface area (Å²) >= 11 is 0. The molecule has 0 saturated heterocycles. The number of hydrogen-bond acceptors (Lipinski definition) is 1. The molecule has 1 atom stereocenters. The van der Waals surface area contributed by atoms with Crippen LogP contribution in [0.2, 0.25) is 30.8 Å². The molecule has 1 nitrogen and oxygen atoms in total. The molecule has 0 radical (unpaired) electrons. The Morgan fingerprint density at radius 2 is 1.25 bits per heavy atom. The molecule has 98 valence electrons. The molecule has 0 spiro atoms. The Balaban J connectivity index is 5.08. The maximum Gasteiger partial charge on any atom is 0.112 e. The highest BCUT2D eigenvalue weighted by atomic mass is 28.4. The fourth-order valence-corrected chi connectivity index (χ4v) is 10.5. The van der Waals surface area contributed by atoms with Crippen LogP contribution in [0.1, 0.15) is 41.5 Å². The Labute approximate surface area is 106 Å². The Bertz CT molecular complexity index is 208. The smallest absolute Gasteiger partial charge is 0.112 e. The van der Waals surface area contributed by atoms with Gasteiger partial charge in [-0.2, -0.15) is 0 Å². The van der Waals surface area contributed by atoms with Gasteiger partial charge in [-0.3, -0.25) is 0 Å². The van der Waals surface area contributed by atoms with Crippen LogP contribution in [0.15, 0.2) is 0 Å². The van der Waals surface area contributed by atoms with E-state index >= 15 is 0 Å². The van der Waals surface area contributed by atoms with Crippen molar-refractivity contribution < 1.29 is 0 Å². The second kappa shape index (κ2) is 5.36. The first kappa shape index (κ1) is 16.4. The molecule has 16 heavy (non-hydrogen) atoms. The van der Waals surface area contributed by atoms with Crippen molar-refractivity contribution in [3.63, 3.8) is 0 Å². The summed E-state index contributed by atoms with van der Waals surface area (Å²) in [5.74, 6) is 0. The monoisotopic (exact) mass is 259 g/mol. The lowest BCUT2D eigenvalue weighted by Gasteiger charge is -2.49. The lowest BCUT2D eigenvalue weighted by atomic mass is 10.3. The van der Waals surface area contributed by atoms with Crippen LogP contribution < -0.4 is 0 Å². The van der Waals surface area contributed by atoms with Crippen LogP contribution >= 0.6 is 0 Å². The minimum Gasteiger partial charge on any atom is -0.322 e. The van der Waals surface area contributed by atoms with Crippen molar-refractivity contribution in [2.75, 3.05) is 0 Å². The fraction of sp³-hybridized carbons (Fsp3) is 1.00. The zero-order chi connectivity index (χ0) is 13.3. The Kier molecular flexibility index (Phi) is 5.49. The Hall–Kier alpha value is 0.394. The van der Waals surface area contributed by atoms with Gasteiger partial charge < -0.3 is 4.57 Å². The van der Waals surface area contributed by atoms with Gasteiger partial charge in [0.1, 0.15) is 8.96 Å². The zero-order valence-electron chi connectivity index (χ0n) is 13.2. The van der Waals surface area contributed by atoms with Crippen molar-refractivity contribution in [3.8, 4) is 0 Å². The van der Waals surface area contributed by atoms with E-state index in [1.165, 1.54) is 0 Å². The summed E-state index contributed by atoms with van der Waals surface area (Å²) in [7, 11) is -1.95. The van der Waals surface area contributed by atoms with Crippen molar-refractivity contribution >= 4 is 17.0 Å². The topological polar surface area (TPSA) is 3.24 Å². The van der Waals surface area contributed by atoms with Crippen molar-refractivity contribution in [2.24, 2.45) is 0 Å². The summed E-state index contributed by atoms with van der Waals surface area (Å²) in [6, 6.07) is 1.38. The first-order chi connectivity index (χ1) is 6.93. The molecule has 0 N–H and O–H groups in total. The summed E-state index contributed by atoms with van der Waals surface area (Å²) in [5, 5.41) is 0. The number of rotatable bonds is 5. The standard InChI is InChI=1S/C13H33NSi2/c1-11(2)14(12(3)4)15(7)13(5,6)16(8,9)10/h11-12,15H,1-10H3. The third-order valence-corrected chi connectivity index (χ3v) is 16.5. The van der Waals surface area contributed by atoms with Crippen LogP contribution in [-0.4, -0.2) is 33.7 Å². The Morgan fingerprint density at radius 3 is 1.44 bits per heavy atom. The van der Waals surface area contributed by atoms with E-state index < -0.39 is 17.0 Å². The molecule has 0 aliphatic rings. The minimum atomic E-state index is -1.08. The van der Waals surface area contributed by atoms with Crippen LogP contribution in [0.25, 0.3) is 0 Å². The van der Waals surface area contributed by atoms with E-state index in [4.69, 9.17) is 0 Å². The molecule has 0 rings (SSSR count). The van der Waals surface area contributed by atoms with E-state index in [0.29, 0.717) is 16.7 Å². The van der Waals surface area contributed by atoms with Crippen molar-refractivity contribution in [2.45, 2.75) is 84.5 Å². The second-order valence-corrected chi connectivity index (χ2v) is 17.0. The van der Waals surface area contributed by atoms with Gasteiger partial charge in [0, 0.05) is 8.07 Å². The number of nitrogens with zero attached hydrogens (tertiary/aromatic N) is 1. The highest BCUT2D eigenvalue weighted by molar-refractivity contribution is 6.90. The molecule has 0 amide bonds. The maximum absolute atomic E-state index is 2.80. The highest BCUT2D eigenvalue weighted by Crippen LogP contribution is 2.41. The van der Waals surface area contributed by atoms with E-state index in [0.717, 1.165) is 0 Å². The van der Waals surface area contributed by atoms with Crippen molar-refractivity contribution in [1.82, 2.24) is 4.57 Å². The molecule has 0 fully saturated rings. The van der Waals surface area contributed by atoms with Crippen LogP contribution in [-0.2, 0) is 0 Å². The van der Waals surface area contributed by atoms with Gasteiger partial charge in [0.2, 0.25) is 0 Å². The molecular formula is C13H33NSi2. The average Bonchev–Trinajstić information content (AvgIpc) is 1.99. The molecule has 0 bridgehead atoms. The molecule has 3 heteroatoms. The molecule has 0 aromatic carbocycles. The predicted octanol–water partition coefficient (Wildman–Crippen LogP) is 4.12. The van der Waals surface area contributed by atoms with Gasteiger partial charge in [-0.25, -0.2) is 0 Å². The van der Waals surface area contributed by atoms with E-state index in [2.05, 4.69) is 72.3 Å². The second-order valence-electron chi connectivity index (χ2n) is 7.28. The van der Waals surface area contributed by atoms with Gasteiger partial charge in [-0.05, 0) is 16.7 Å². The lowest BCUT2D eigenvalue weighted by Crippen LogP contribution is -2.57. The van der Waals surface area contributed by atoms with E-state index in [9.17, 15) is 0 Å². The lowest BCUT2D eigenvalue weighted by molar-refractivity contribution is 0.297. The first-order valence-corrected chi connectivity index (χ1v) is 12.4. The quantitative estimate of drug-likeness (QED) is 0.672. The van der Waals surface area contributed by atoms with Crippen molar-refractivity contribution in [1.29, 1.82) is 0 Å². The fourth-order valence-electron chi connectivity index (χ4n) is 2.49. The first-order valence-electron chi connectivity index (χ1n) is 6.70. The van der Waals surface area contributed by atoms with Gasteiger partial charge in [0.15, 0.2) is 0 Å². The summed E-state index contributed by atoms with van der Waals surface area (Å²) in [4.78, 5) is 0. The summed E-state index contributed by atoms with van der Waals surface area (Å²) in [6.45, 7) is 24.6. The molecule has 0 heterocycles. The SMILES string of the molecule is CC(C)N(C(C)C)[SiH](C)C(C)(C)[Si](C)(C)C. The van der Waals surface area contributed by atoms with Crippen LogP contribution in [0.4, 0.5) is 0 Å². The summed E-state index contributed by atoms with van der Waals surface area (Å²) in [5.41, 5.74) is 0. The van der Waals surface area contributed by atoms with Gasteiger partial charge in [-0.1, -0.05) is 67.7 Å². The van der Waals surface area contributed by atoms with Crippen molar-refractivity contribution in [3.05, 3.63) is 0 Å². The highest BCUT2D eigenvalue weighted by Gasteiger charge is 2.43. The molecule has 0 saturated carbocycles. The molecule has 0 aromatic heterocycles. The van der Waals surface area contributed by atoms with Gasteiger partial charge in [-0.15, -0.1) is 0 Å². The molecule has 0 aromatic rings. The molecular weight excluding hydrogens is 226 g/mol. The zero-order valence-corrected chi connectivity index (χ0v) is 15.3. The molecule has 0 aliphatic heterocycles. The van der Waals surface area contributed by atoms with Crippen LogP contribution in [0.3, 0.4) is 0 Å². The third-order valence-electron chi connectivity index (χ3n) is 4.62.